The third-order valence-corrected chi connectivity index (χ3v) is 4.22. The predicted molar refractivity (Wildman–Crippen MR) is 83.7 cm³/mol. The van der Waals surface area contributed by atoms with Crippen LogP contribution < -0.4 is 10.1 Å². The number of benzene rings is 1. The van der Waals surface area contributed by atoms with E-state index in [2.05, 4.69) is 15.3 Å². The first-order valence-corrected chi connectivity index (χ1v) is 7.68. The maximum atomic E-state index is 9.61. The molecular weight excluding hydrogens is 278 g/mol. The molecule has 1 aliphatic carbocycles. The van der Waals surface area contributed by atoms with Crippen LogP contribution in [-0.4, -0.2) is 27.2 Å². The van der Waals surface area contributed by atoms with E-state index in [0.717, 1.165) is 25.1 Å². The highest BCUT2D eigenvalue weighted by Crippen LogP contribution is 2.29. The highest BCUT2D eigenvalue weighted by atomic mass is 16.5. The van der Waals surface area contributed by atoms with Crippen LogP contribution in [0.5, 0.6) is 11.6 Å². The largest absolute Gasteiger partial charge is 0.438 e. The van der Waals surface area contributed by atoms with E-state index in [9.17, 15) is 5.11 Å². The molecule has 0 radical (unpaired) electrons. The van der Waals surface area contributed by atoms with Crippen molar-refractivity contribution in [3.8, 4) is 11.6 Å². The predicted octanol–water partition coefficient (Wildman–Crippen LogP) is 2.66. The van der Waals surface area contributed by atoms with E-state index in [-0.39, 0.29) is 12.1 Å². The quantitative estimate of drug-likeness (QED) is 0.858. The minimum atomic E-state index is -0.0885. The number of hydrogen-bond acceptors (Lipinski definition) is 5. The minimum absolute atomic E-state index is 0.0885. The Morgan fingerprint density at radius 3 is 2.55 bits per heavy atom. The Labute approximate surface area is 130 Å². The van der Waals surface area contributed by atoms with Crippen LogP contribution in [0, 0.1) is 0 Å². The highest BCUT2D eigenvalue weighted by Gasteiger charge is 2.32. The number of aromatic nitrogens is 2. The van der Waals surface area contributed by atoms with E-state index in [0.29, 0.717) is 5.88 Å². The monoisotopic (exact) mass is 299 g/mol. The highest BCUT2D eigenvalue weighted by molar-refractivity contribution is 5.30. The average molecular weight is 299 g/mol. The Bertz CT molecular complexity index is 581. The Morgan fingerprint density at radius 2 is 1.91 bits per heavy atom. The zero-order valence-corrected chi connectivity index (χ0v) is 12.5. The molecule has 3 rings (SSSR count). The molecule has 5 heteroatoms. The SMILES string of the molecule is OCC1(NCc2ccc(Oc3cnccn3)cc2)CCCC1. The van der Waals surface area contributed by atoms with Gasteiger partial charge in [-0.1, -0.05) is 25.0 Å². The maximum Gasteiger partial charge on any atom is 0.237 e. The van der Waals surface area contributed by atoms with Gasteiger partial charge in [-0.05, 0) is 30.5 Å². The number of nitrogens with zero attached hydrogens (tertiary/aromatic N) is 2. The molecule has 1 aromatic carbocycles. The van der Waals surface area contributed by atoms with Gasteiger partial charge in [0.15, 0.2) is 0 Å². The number of ether oxygens (including phenoxy) is 1. The van der Waals surface area contributed by atoms with Crippen molar-refractivity contribution in [2.24, 2.45) is 0 Å². The molecule has 0 saturated heterocycles. The van der Waals surface area contributed by atoms with Gasteiger partial charge in [0.2, 0.25) is 5.88 Å². The smallest absolute Gasteiger partial charge is 0.237 e. The summed E-state index contributed by atoms with van der Waals surface area (Å²) in [6.07, 6.45) is 9.29. The van der Waals surface area contributed by atoms with E-state index in [4.69, 9.17) is 4.74 Å². The van der Waals surface area contributed by atoms with Gasteiger partial charge in [-0.3, -0.25) is 4.98 Å². The summed E-state index contributed by atoms with van der Waals surface area (Å²) in [5.74, 6) is 1.22. The Kier molecular flexibility index (Phi) is 4.65. The van der Waals surface area contributed by atoms with E-state index in [1.54, 1.807) is 18.6 Å². The third kappa shape index (κ3) is 3.61. The van der Waals surface area contributed by atoms with E-state index >= 15 is 0 Å². The molecule has 0 bridgehead atoms. The fourth-order valence-corrected chi connectivity index (χ4v) is 2.87. The topological polar surface area (TPSA) is 67.3 Å². The lowest BCUT2D eigenvalue weighted by Gasteiger charge is -2.28. The summed E-state index contributed by atoms with van der Waals surface area (Å²) in [6.45, 7) is 0.965. The van der Waals surface area contributed by atoms with Gasteiger partial charge in [0.05, 0.1) is 12.8 Å². The van der Waals surface area contributed by atoms with Gasteiger partial charge < -0.3 is 15.2 Å². The second-order valence-electron chi connectivity index (χ2n) is 5.79. The zero-order valence-electron chi connectivity index (χ0n) is 12.5. The van der Waals surface area contributed by atoms with Crippen molar-refractivity contribution in [2.75, 3.05) is 6.61 Å². The van der Waals surface area contributed by atoms with Crippen molar-refractivity contribution in [3.05, 3.63) is 48.4 Å². The van der Waals surface area contributed by atoms with Crippen LogP contribution in [0.2, 0.25) is 0 Å². The third-order valence-electron chi connectivity index (χ3n) is 4.22. The summed E-state index contributed by atoms with van der Waals surface area (Å²) in [4.78, 5) is 8.05. The van der Waals surface area contributed by atoms with Gasteiger partial charge in [-0.25, -0.2) is 4.98 Å². The molecule has 0 atom stereocenters. The van der Waals surface area contributed by atoms with Gasteiger partial charge in [0.25, 0.3) is 0 Å². The van der Waals surface area contributed by atoms with Crippen molar-refractivity contribution in [1.82, 2.24) is 15.3 Å². The molecule has 2 N–H and O–H groups in total. The molecule has 1 saturated carbocycles. The van der Waals surface area contributed by atoms with Crippen LogP contribution in [0.25, 0.3) is 0 Å². The first-order chi connectivity index (χ1) is 10.8. The molecule has 0 amide bonds. The van der Waals surface area contributed by atoms with Crippen LogP contribution >= 0.6 is 0 Å². The summed E-state index contributed by atoms with van der Waals surface area (Å²) in [7, 11) is 0. The second kappa shape index (κ2) is 6.85. The molecule has 0 unspecified atom stereocenters. The Hall–Kier alpha value is -1.98. The van der Waals surface area contributed by atoms with Gasteiger partial charge in [0, 0.05) is 24.5 Å². The molecule has 0 aliphatic heterocycles. The standard InChI is InChI=1S/C17H21N3O2/c21-13-17(7-1-2-8-17)20-11-14-3-5-15(6-4-14)22-16-12-18-9-10-19-16/h3-6,9-10,12,20-21H,1-2,7-8,11,13H2. The van der Waals surface area contributed by atoms with Crippen LogP contribution in [-0.2, 0) is 6.54 Å². The molecular formula is C17H21N3O2. The first-order valence-electron chi connectivity index (χ1n) is 7.68. The molecule has 1 aliphatic rings. The lowest BCUT2D eigenvalue weighted by molar-refractivity contribution is 0.163. The van der Waals surface area contributed by atoms with Gasteiger partial charge in [-0.2, -0.15) is 0 Å². The molecule has 5 nitrogen and oxygen atoms in total. The fraction of sp³-hybridized carbons (Fsp3) is 0.412. The number of aliphatic hydroxyl groups is 1. The second-order valence-corrected chi connectivity index (χ2v) is 5.79. The average Bonchev–Trinajstić information content (AvgIpc) is 3.05. The first kappa shape index (κ1) is 14.9. The van der Waals surface area contributed by atoms with E-state index in [1.165, 1.54) is 18.4 Å². The van der Waals surface area contributed by atoms with Crippen molar-refractivity contribution >= 4 is 0 Å². The minimum Gasteiger partial charge on any atom is -0.438 e. The molecule has 0 spiro atoms. The molecule has 1 aromatic heterocycles. The lowest BCUT2D eigenvalue weighted by atomic mass is 9.98. The number of rotatable bonds is 6. The van der Waals surface area contributed by atoms with Crippen LogP contribution in [0.4, 0.5) is 0 Å². The van der Waals surface area contributed by atoms with Crippen LogP contribution in [0.1, 0.15) is 31.2 Å². The van der Waals surface area contributed by atoms with Crippen LogP contribution in [0.3, 0.4) is 0 Å². The summed E-state index contributed by atoms with van der Waals surface area (Å²) in [5.41, 5.74) is 1.08. The molecule has 2 aromatic rings. The summed E-state index contributed by atoms with van der Waals surface area (Å²) < 4.78 is 5.62. The van der Waals surface area contributed by atoms with Gasteiger partial charge >= 0.3 is 0 Å². The van der Waals surface area contributed by atoms with Crippen molar-refractivity contribution in [1.29, 1.82) is 0 Å². The summed E-state index contributed by atoms with van der Waals surface area (Å²) in [5, 5.41) is 13.1. The van der Waals surface area contributed by atoms with Crippen molar-refractivity contribution < 1.29 is 9.84 Å². The van der Waals surface area contributed by atoms with E-state index in [1.807, 2.05) is 24.3 Å². The summed E-state index contributed by atoms with van der Waals surface area (Å²) >= 11 is 0. The number of hydrogen-bond donors (Lipinski definition) is 2. The molecule has 1 heterocycles. The molecule has 22 heavy (non-hydrogen) atoms. The van der Waals surface area contributed by atoms with E-state index < -0.39 is 0 Å². The number of nitrogens with one attached hydrogen (secondary N) is 1. The fourth-order valence-electron chi connectivity index (χ4n) is 2.87. The van der Waals surface area contributed by atoms with Crippen LogP contribution in [0.15, 0.2) is 42.9 Å². The van der Waals surface area contributed by atoms with Crippen molar-refractivity contribution in [3.63, 3.8) is 0 Å². The van der Waals surface area contributed by atoms with Gasteiger partial charge in [-0.15, -0.1) is 0 Å². The number of aliphatic hydroxyl groups excluding tert-OH is 1. The van der Waals surface area contributed by atoms with Gasteiger partial charge in [0.1, 0.15) is 5.75 Å². The Morgan fingerprint density at radius 1 is 1.14 bits per heavy atom. The Balaban J connectivity index is 1.57. The normalized spacial score (nSPS) is 16.6. The lowest BCUT2D eigenvalue weighted by Crippen LogP contribution is -2.45. The molecule has 1 fully saturated rings. The molecule has 116 valence electrons. The van der Waals surface area contributed by atoms with Crippen molar-refractivity contribution in [2.45, 2.75) is 37.8 Å². The maximum absolute atomic E-state index is 9.61. The summed E-state index contributed by atoms with van der Waals surface area (Å²) in [6, 6.07) is 7.90. The zero-order chi connectivity index (χ0) is 15.3.